The number of benzene rings is 1. The molecule has 0 spiro atoms. The maximum Gasteiger partial charge on any atom is 0.247 e. The van der Waals surface area contributed by atoms with Gasteiger partial charge in [0.25, 0.3) is 0 Å². The van der Waals surface area contributed by atoms with E-state index in [-0.39, 0.29) is 0 Å². The highest BCUT2D eigenvalue weighted by atomic mass is 16.5. The highest BCUT2D eigenvalue weighted by molar-refractivity contribution is 5.51. The molecule has 1 saturated carbocycles. The number of hydrogen-bond acceptors (Lipinski definition) is 4. The second-order valence-electron chi connectivity index (χ2n) is 5.57. The van der Waals surface area contributed by atoms with Crippen LogP contribution in [-0.2, 0) is 11.3 Å². The molecule has 1 aliphatic rings. The quantitative estimate of drug-likeness (QED) is 0.848. The lowest BCUT2D eigenvalue weighted by molar-refractivity contribution is -0.00444. The van der Waals surface area contributed by atoms with Crippen LogP contribution in [0.2, 0.25) is 0 Å². The van der Waals surface area contributed by atoms with Crippen LogP contribution in [0, 0.1) is 5.92 Å². The molecule has 1 fully saturated rings. The van der Waals surface area contributed by atoms with Gasteiger partial charge in [-0.2, -0.15) is 0 Å². The summed E-state index contributed by atoms with van der Waals surface area (Å²) in [5.74, 6) is 1.87. The summed E-state index contributed by atoms with van der Waals surface area (Å²) in [7, 11) is 0. The van der Waals surface area contributed by atoms with Gasteiger partial charge in [0.2, 0.25) is 11.8 Å². The molecule has 106 valence electrons. The number of rotatable bonds is 4. The molecule has 4 nitrogen and oxygen atoms in total. The van der Waals surface area contributed by atoms with Crippen molar-refractivity contribution in [3.63, 3.8) is 0 Å². The van der Waals surface area contributed by atoms with E-state index >= 15 is 0 Å². The average molecular weight is 272 g/mol. The Morgan fingerprint density at radius 2 is 2.05 bits per heavy atom. The Balaban J connectivity index is 1.58. The van der Waals surface area contributed by atoms with Crippen molar-refractivity contribution in [1.29, 1.82) is 0 Å². The molecule has 1 aliphatic carbocycles. The molecule has 0 radical (unpaired) electrons. The molecule has 0 unspecified atom stereocenters. The molecule has 2 atom stereocenters. The Labute approximate surface area is 119 Å². The lowest BCUT2D eigenvalue weighted by Gasteiger charge is -2.26. The summed E-state index contributed by atoms with van der Waals surface area (Å²) < 4.78 is 11.5. The highest BCUT2D eigenvalue weighted by Gasteiger charge is 2.20. The van der Waals surface area contributed by atoms with Crippen LogP contribution in [0.3, 0.4) is 0 Å². The van der Waals surface area contributed by atoms with E-state index in [4.69, 9.17) is 9.15 Å². The number of nitrogens with zero attached hydrogens (tertiary/aromatic N) is 2. The van der Waals surface area contributed by atoms with Crippen molar-refractivity contribution in [2.24, 2.45) is 5.92 Å². The molecule has 0 N–H and O–H groups in total. The number of hydrogen-bond donors (Lipinski definition) is 0. The minimum atomic E-state index is 0.339. The van der Waals surface area contributed by atoms with Crippen molar-refractivity contribution in [2.75, 3.05) is 0 Å². The van der Waals surface area contributed by atoms with Gasteiger partial charge in [0.15, 0.2) is 0 Å². The number of ether oxygens (including phenoxy) is 1. The van der Waals surface area contributed by atoms with Crippen LogP contribution in [0.25, 0.3) is 11.5 Å². The average Bonchev–Trinajstić information content (AvgIpc) is 2.95. The zero-order chi connectivity index (χ0) is 13.8. The van der Waals surface area contributed by atoms with E-state index in [1.54, 1.807) is 0 Å². The predicted molar refractivity (Wildman–Crippen MR) is 75.9 cm³/mol. The van der Waals surface area contributed by atoms with E-state index in [9.17, 15) is 0 Å². The van der Waals surface area contributed by atoms with Gasteiger partial charge >= 0.3 is 0 Å². The third-order valence-corrected chi connectivity index (χ3v) is 3.82. The van der Waals surface area contributed by atoms with Crippen LogP contribution in [0.4, 0.5) is 0 Å². The second-order valence-corrected chi connectivity index (χ2v) is 5.57. The molecule has 3 rings (SSSR count). The lowest BCUT2D eigenvalue weighted by Crippen LogP contribution is -2.21. The third kappa shape index (κ3) is 3.25. The molecule has 0 aliphatic heterocycles. The molecule has 20 heavy (non-hydrogen) atoms. The molecular weight excluding hydrogens is 252 g/mol. The third-order valence-electron chi connectivity index (χ3n) is 3.82. The van der Waals surface area contributed by atoms with E-state index in [1.165, 1.54) is 12.8 Å². The first-order valence-corrected chi connectivity index (χ1v) is 7.30. The van der Waals surface area contributed by atoms with E-state index < -0.39 is 0 Å². The molecule has 0 amide bonds. The standard InChI is InChI=1S/C16H20N2O2/c1-12-6-5-9-14(10-12)19-11-15-17-18-16(20-15)13-7-3-2-4-8-13/h2-4,7-8,12,14H,5-6,9-11H2,1H3/t12-,14-/m1/s1. The predicted octanol–water partition coefficient (Wildman–Crippen LogP) is 3.83. The van der Waals surface area contributed by atoms with Gasteiger partial charge in [-0.3, -0.25) is 0 Å². The first-order valence-electron chi connectivity index (χ1n) is 7.30. The summed E-state index contributed by atoms with van der Waals surface area (Å²) >= 11 is 0. The molecule has 0 bridgehead atoms. The first kappa shape index (κ1) is 13.3. The van der Waals surface area contributed by atoms with Crippen LogP contribution in [-0.4, -0.2) is 16.3 Å². The Hall–Kier alpha value is -1.68. The highest BCUT2D eigenvalue weighted by Crippen LogP contribution is 2.26. The van der Waals surface area contributed by atoms with Gasteiger partial charge in [-0.1, -0.05) is 38.0 Å². The Bertz CT molecular complexity index is 538. The molecule has 0 saturated heterocycles. The fourth-order valence-electron chi connectivity index (χ4n) is 2.73. The zero-order valence-corrected chi connectivity index (χ0v) is 11.8. The fraction of sp³-hybridized carbons (Fsp3) is 0.500. The van der Waals surface area contributed by atoms with Crippen molar-refractivity contribution >= 4 is 0 Å². The lowest BCUT2D eigenvalue weighted by atomic mass is 9.89. The van der Waals surface area contributed by atoms with E-state index in [0.717, 1.165) is 24.3 Å². The summed E-state index contributed by atoms with van der Waals surface area (Å²) in [5.41, 5.74) is 0.942. The monoisotopic (exact) mass is 272 g/mol. The summed E-state index contributed by atoms with van der Waals surface area (Å²) in [4.78, 5) is 0. The fourth-order valence-corrected chi connectivity index (χ4v) is 2.73. The smallest absolute Gasteiger partial charge is 0.247 e. The summed E-state index contributed by atoms with van der Waals surface area (Å²) in [6.45, 7) is 2.70. The molecular formula is C16H20N2O2. The maximum absolute atomic E-state index is 5.89. The second kappa shape index (κ2) is 6.18. The van der Waals surface area contributed by atoms with Crippen molar-refractivity contribution in [3.8, 4) is 11.5 Å². The van der Waals surface area contributed by atoms with Crippen molar-refractivity contribution < 1.29 is 9.15 Å². The normalized spacial score (nSPS) is 22.9. The van der Waals surface area contributed by atoms with Crippen LogP contribution in [0.5, 0.6) is 0 Å². The Morgan fingerprint density at radius 3 is 2.85 bits per heavy atom. The summed E-state index contributed by atoms with van der Waals surface area (Å²) in [6, 6.07) is 9.80. The minimum Gasteiger partial charge on any atom is -0.418 e. The Morgan fingerprint density at radius 1 is 1.20 bits per heavy atom. The van der Waals surface area contributed by atoms with Crippen LogP contribution in [0.15, 0.2) is 34.7 Å². The minimum absolute atomic E-state index is 0.339. The van der Waals surface area contributed by atoms with Gasteiger partial charge in [-0.05, 0) is 30.9 Å². The molecule has 4 heteroatoms. The molecule has 2 aromatic rings. The van der Waals surface area contributed by atoms with E-state index in [0.29, 0.717) is 24.5 Å². The molecule has 1 aromatic heterocycles. The topological polar surface area (TPSA) is 48.2 Å². The van der Waals surface area contributed by atoms with E-state index in [2.05, 4.69) is 17.1 Å². The van der Waals surface area contributed by atoms with Crippen LogP contribution in [0.1, 0.15) is 38.5 Å². The molecule has 1 heterocycles. The van der Waals surface area contributed by atoms with Gasteiger partial charge in [0, 0.05) is 5.56 Å². The van der Waals surface area contributed by atoms with Gasteiger partial charge in [-0.25, -0.2) is 0 Å². The first-order chi connectivity index (χ1) is 9.81. The maximum atomic E-state index is 5.89. The van der Waals surface area contributed by atoms with Gasteiger partial charge in [-0.15, -0.1) is 10.2 Å². The van der Waals surface area contributed by atoms with Gasteiger partial charge in [0.05, 0.1) is 6.10 Å². The van der Waals surface area contributed by atoms with Gasteiger partial charge in [0.1, 0.15) is 6.61 Å². The van der Waals surface area contributed by atoms with Gasteiger partial charge < -0.3 is 9.15 Å². The SMILES string of the molecule is C[C@@H]1CCC[C@@H](OCc2nnc(-c3ccccc3)o2)C1. The molecule has 1 aromatic carbocycles. The largest absolute Gasteiger partial charge is 0.418 e. The van der Waals surface area contributed by atoms with Crippen molar-refractivity contribution in [1.82, 2.24) is 10.2 Å². The summed E-state index contributed by atoms with van der Waals surface area (Å²) in [6.07, 6.45) is 5.19. The van der Waals surface area contributed by atoms with Crippen molar-refractivity contribution in [2.45, 2.75) is 45.3 Å². The Kier molecular flexibility index (Phi) is 4.11. The number of aromatic nitrogens is 2. The zero-order valence-electron chi connectivity index (χ0n) is 11.8. The van der Waals surface area contributed by atoms with Crippen LogP contribution >= 0.6 is 0 Å². The summed E-state index contributed by atoms with van der Waals surface area (Å²) in [5, 5.41) is 8.12. The van der Waals surface area contributed by atoms with Crippen molar-refractivity contribution in [3.05, 3.63) is 36.2 Å². The van der Waals surface area contributed by atoms with E-state index in [1.807, 2.05) is 30.3 Å². The van der Waals surface area contributed by atoms with Crippen LogP contribution < -0.4 is 0 Å².